The highest BCUT2D eigenvalue weighted by Crippen LogP contribution is 2.31. The van der Waals surface area contributed by atoms with Crippen LogP contribution in [0.5, 0.6) is 0 Å². The molecule has 0 aliphatic carbocycles. The van der Waals surface area contributed by atoms with Crippen molar-refractivity contribution in [2.24, 2.45) is 0 Å². The molecule has 40 heavy (non-hydrogen) atoms. The fourth-order valence-electron chi connectivity index (χ4n) is 4.14. The Hall–Kier alpha value is -2.78. The molecule has 0 fully saturated rings. The van der Waals surface area contributed by atoms with Crippen molar-refractivity contribution in [2.75, 3.05) is 10.8 Å². The number of aryl methyl sites for hydroxylation is 1. The molecule has 0 bridgehead atoms. The highest BCUT2D eigenvalue weighted by Gasteiger charge is 2.34. The number of hydrogen-bond acceptors (Lipinski definition) is 4. The third-order valence-electron chi connectivity index (χ3n) is 6.16. The van der Waals surface area contributed by atoms with Crippen LogP contribution < -0.4 is 9.62 Å². The summed E-state index contributed by atoms with van der Waals surface area (Å²) >= 11 is 18.7. The van der Waals surface area contributed by atoms with Crippen LogP contribution in [0, 0.1) is 6.92 Å². The predicted octanol–water partition coefficient (Wildman–Crippen LogP) is 6.48. The maximum atomic E-state index is 14.1. The average Bonchev–Trinajstić information content (AvgIpc) is 2.89. The van der Waals surface area contributed by atoms with E-state index in [1.54, 1.807) is 55.5 Å². The maximum absolute atomic E-state index is 14.1. The Kier molecular flexibility index (Phi) is 10.9. The number of carbonyl (C=O) groups excluding carboxylic acids is 2. The van der Waals surface area contributed by atoms with E-state index in [4.69, 9.17) is 34.8 Å². The molecule has 1 atom stereocenters. The molecule has 0 spiro atoms. The van der Waals surface area contributed by atoms with Crippen molar-refractivity contribution in [1.82, 2.24) is 10.2 Å². The van der Waals surface area contributed by atoms with Crippen LogP contribution in [-0.4, -0.2) is 43.8 Å². The largest absolute Gasteiger partial charge is 0.352 e. The van der Waals surface area contributed by atoms with Crippen molar-refractivity contribution < 1.29 is 18.0 Å². The van der Waals surface area contributed by atoms with Crippen LogP contribution in [-0.2, 0) is 26.2 Å². The molecule has 3 aromatic carbocycles. The molecule has 7 nitrogen and oxygen atoms in total. The van der Waals surface area contributed by atoms with E-state index >= 15 is 0 Å². The Bertz CT molecular complexity index is 1460. The van der Waals surface area contributed by atoms with Crippen molar-refractivity contribution in [2.45, 2.75) is 57.6 Å². The Balaban J connectivity index is 2.09. The maximum Gasteiger partial charge on any atom is 0.264 e. The number of anilines is 1. The van der Waals surface area contributed by atoms with Crippen LogP contribution in [0.4, 0.5) is 5.69 Å². The molecule has 11 heteroatoms. The second kappa shape index (κ2) is 13.7. The first kappa shape index (κ1) is 31.7. The summed E-state index contributed by atoms with van der Waals surface area (Å²) in [7, 11) is -4.22. The van der Waals surface area contributed by atoms with Crippen molar-refractivity contribution >= 4 is 62.3 Å². The summed E-state index contributed by atoms with van der Waals surface area (Å²) in [6.45, 7) is 6.69. The highest BCUT2D eigenvalue weighted by atomic mass is 35.5. The normalized spacial score (nSPS) is 12.2. The summed E-state index contributed by atoms with van der Waals surface area (Å²) in [4.78, 5) is 28.6. The van der Waals surface area contributed by atoms with Gasteiger partial charge in [-0.3, -0.25) is 13.9 Å². The van der Waals surface area contributed by atoms with Gasteiger partial charge in [-0.05, 0) is 69.2 Å². The topological polar surface area (TPSA) is 86.8 Å². The van der Waals surface area contributed by atoms with Gasteiger partial charge in [-0.2, -0.15) is 0 Å². The van der Waals surface area contributed by atoms with Gasteiger partial charge in [-0.15, -0.1) is 0 Å². The van der Waals surface area contributed by atoms with Gasteiger partial charge >= 0.3 is 0 Å². The van der Waals surface area contributed by atoms with Crippen LogP contribution in [0.2, 0.25) is 15.1 Å². The van der Waals surface area contributed by atoms with Crippen molar-refractivity contribution in [3.8, 4) is 0 Å². The molecule has 1 unspecified atom stereocenters. The molecular weight excluding hydrogens is 593 g/mol. The second-order valence-corrected chi connectivity index (χ2v) is 12.7. The first-order valence-electron chi connectivity index (χ1n) is 12.7. The highest BCUT2D eigenvalue weighted by molar-refractivity contribution is 7.92. The zero-order valence-electron chi connectivity index (χ0n) is 22.7. The molecule has 0 saturated carbocycles. The van der Waals surface area contributed by atoms with Gasteiger partial charge in [-0.25, -0.2) is 8.42 Å². The number of rotatable bonds is 11. The van der Waals surface area contributed by atoms with E-state index in [0.29, 0.717) is 22.0 Å². The Morgan fingerprint density at radius 2 is 1.55 bits per heavy atom. The van der Waals surface area contributed by atoms with E-state index in [2.05, 4.69) is 5.32 Å². The molecule has 0 radical (unpaired) electrons. The van der Waals surface area contributed by atoms with Gasteiger partial charge < -0.3 is 10.2 Å². The molecular formula is C29H32Cl3N3O4S. The average molecular weight is 625 g/mol. The number of halogens is 3. The van der Waals surface area contributed by atoms with Gasteiger partial charge in [0.15, 0.2) is 0 Å². The number of hydrogen-bond donors (Lipinski definition) is 1. The number of nitrogens with zero attached hydrogens (tertiary/aromatic N) is 2. The predicted molar refractivity (Wildman–Crippen MR) is 162 cm³/mol. The number of sulfonamides is 1. The van der Waals surface area contributed by atoms with Crippen LogP contribution in [0.1, 0.15) is 38.3 Å². The van der Waals surface area contributed by atoms with Gasteiger partial charge in [0.25, 0.3) is 10.0 Å². The molecule has 1 N–H and O–H groups in total. The van der Waals surface area contributed by atoms with E-state index in [0.717, 1.165) is 9.87 Å². The summed E-state index contributed by atoms with van der Waals surface area (Å²) in [5.74, 6) is -0.941. The number of carbonyl (C=O) groups is 2. The second-order valence-electron chi connectivity index (χ2n) is 9.63. The number of para-hydroxylation sites is 1. The van der Waals surface area contributed by atoms with Gasteiger partial charge in [0.05, 0.1) is 25.7 Å². The lowest BCUT2D eigenvalue weighted by Crippen LogP contribution is -2.53. The van der Waals surface area contributed by atoms with Gasteiger partial charge in [-0.1, -0.05) is 77.6 Å². The molecule has 0 aliphatic heterocycles. The number of amides is 2. The quantitative estimate of drug-likeness (QED) is 0.265. The lowest BCUT2D eigenvalue weighted by atomic mass is 10.1. The summed E-state index contributed by atoms with van der Waals surface area (Å²) in [6, 6.07) is 16.6. The fraction of sp³-hybridized carbons (Fsp3) is 0.310. The standard InChI is InChI=1S/C29H32Cl3N3O4S/c1-5-26(29(37)33-19(2)3)34(17-21-12-15-23(30)25(32)16-21)28(36)18-35(27-9-7-6-8-24(27)31)40(38,39)22-13-10-20(4)11-14-22/h6-16,19,26H,5,17-18H2,1-4H3,(H,33,37). The molecule has 0 aliphatic rings. The van der Waals surface area contributed by atoms with Crippen LogP contribution in [0.25, 0.3) is 0 Å². The summed E-state index contributed by atoms with van der Waals surface area (Å²) in [5.41, 5.74) is 1.66. The van der Waals surface area contributed by atoms with Gasteiger partial charge in [0.1, 0.15) is 12.6 Å². The van der Waals surface area contributed by atoms with Crippen molar-refractivity contribution in [1.29, 1.82) is 0 Å². The lowest BCUT2D eigenvalue weighted by molar-refractivity contribution is -0.140. The van der Waals surface area contributed by atoms with Gasteiger partial charge in [0.2, 0.25) is 11.8 Å². The summed E-state index contributed by atoms with van der Waals surface area (Å²) < 4.78 is 28.8. The van der Waals surface area contributed by atoms with E-state index in [9.17, 15) is 18.0 Å². The lowest BCUT2D eigenvalue weighted by Gasteiger charge is -2.33. The van der Waals surface area contributed by atoms with E-state index in [1.165, 1.54) is 23.1 Å². The van der Waals surface area contributed by atoms with E-state index in [-0.39, 0.29) is 34.1 Å². The van der Waals surface area contributed by atoms with Crippen LogP contribution in [0.3, 0.4) is 0 Å². The minimum Gasteiger partial charge on any atom is -0.352 e. The number of benzene rings is 3. The Labute approximate surface area is 251 Å². The van der Waals surface area contributed by atoms with Crippen LogP contribution in [0.15, 0.2) is 71.6 Å². The molecule has 3 rings (SSSR count). The van der Waals surface area contributed by atoms with Crippen molar-refractivity contribution in [3.05, 3.63) is 92.9 Å². The molecule has 0 saturated heterocycles. The van der Waals surface area contributed by atoms with Crippen LogP contribution >= 0.6 is 34.8 Å². The molecule has 2 amide bonds. The van der Waals surface area contributed by atoms with E-state index in [1.807, 2.05) is 20.8 Å². The minimum atomic E-state index is -4.22. The monoisotopic (exact) mass is 623 g/mol. The molecule has 3 aromatic rings. The third-order valence-corrected chi connectivity index (χ3v) is 9.00. The van der Waals surface area contributed by atoms with Crippen molar-refractivity contribution in [3.63, 3.8) is 0 Å². The number of nitrogens with one attached hydrogen (secondary N) is 1. The zero-order valence-corrected chi connectivity index (χ0v) is 25.8. The summed E-state index contributed by atoms with van der Waals surface area (Å²) in [5, 5.41) is 3.66. The smallest absolute Gasteiger partial charge is 0.264 e. The zero-order chi connectivity index (χ0) is 29.6. The third kappa shape index (κ3) is 7.69. The molecule has 0 heterocycles. The first-order chi connectivity index (χ1) is 18.8. The molecule has 0 aromatic heterocycles. The Morgan fingerprint density at radius 3 is 2.12 bits per heavy atom. The fourth-order valence-corrected chi connectivity index (χ4v) is 6.18. The van der Waals surface area contributed by atoms with E-state index < -0.39 is 28.5 Å². The SMILES string of the molecule is CCC(C(=O)NC(C)C)N(Cc1ccc(Cl)c(Cl)c1)C(=O)CN(c1ccccc1Cl)S(=O)(=O)c1ccc(C)cc1. The Morgan fingerprint density at radius 1 is 0.900 bits per heavy atom. The molecule has 214 valence electrons. The summed E-state index contributed by atoms with van der Waals surface area (Å²) in [6.07, 6.45) is 0.294. The first-order valence-corrected chi connectivity index (χ1v) is 15.3. The van der Waals surface area contributed by atoms with Gasteiger partial charge in [0, 0.05) is 12.6 Å². The minimum absolute atomic E-state index is 0.000680.